The summed E-state index contributed by atoms with van der Waals surface area (Å²) < 4.78 is 11.2. The topological polar surface area (TPSA) is 47.6 Å². The van der Waals surface area contributed by atoms with Crippen molar-refractivity contribution in [2.24, 2.45) is 5.92 Å². The van der Waals surface area contributed by atoms with E-state index < -0.39 is 0 Å². The summed E-state index contributed by atoms with van der Waals surface area (Å²) in [5.74, 6) is 1.21. The second kappa shape index (κ2) is 8.95. The van der Waals surface area contributed by atoms with Gasteiger partial charge in [0.05, 0.1) is 18.7 Å². The fourth-order valence-corrected chi connectivity index (χ4v) is 2.85. The average molecular weight is 376 g/mol. The van der Waals surface area contributed by atoms with Crippen LogP contribution in [0, 0.1) is 19.8 Å². The molecule has 0 aromatic heterocycles. The highest BCUT2D eigenvalue weighted by Crippen LogP contribution is 2.37. The van der Waals surface area contributed by atoms with Gasteiger partial charge in [0.1, 0.15) is 0 Å². The molecule has 0 aliphatic carbocycles. The Morgan fingerprint density at radius 3 is 2.42 bits per heavy atom. The summed E-state index contributed by atoms with van der Waals surface area (Å²) >= 11 is 6.35. The Balaban J connectivity index is 2.24. The van der Waals surface area contributed by atoms with E-state index in [-0.39, 0.29) is 5.91 Å². The van der Waals surface area contributed by atoms with E-state index >= 15 is 0 Å². The highest BCUT2D eigenvalue weighted by Gasteiger charge is 2.17. The summed E-state index contributed by atoms with van der Waals surface area (Å²) in [6.45, 7) is 8.72. The average Bonchev–Trinajstić information content (AvgIpc) is 2.58. The molecule has 5 heteroatoms. The summed E-state index contributed by atoms with van der Waals surface area (Å²) in [5.41, 5.74) is 3.24. The number of carbonyl (C=O) groups is 1. The first kappa shape index (κ1) is 20.1. The molecule has 0 saturated carbocycles. The summed E-state index contributed by atoms with van der Waals surface area (Å²) in [7, 11) is 1.54. The molecule has 2 aromatic rings. The Kier molecular flexibility index (Phi) is 6.92. The lowest BCUT2D eigenvalue weighted by Gasteiger charge is -2.16. The van der Waals surface area contributed by atoms with Crippen molar-refractivity contribution in [3.8, 4) is 11.5 Å². The molecule has 2 rings (SSSR count). The van der Waals surface area contributed by atoms with Gasteiger partial charge in [-0.15, -0.1) is 0 Å². The summed E-state index contributed by atoms with van der Waals surface area (Å²) in [6, 6.07) is 9.14. The Labute approximate surface area is 160 Å². The molecule has 1 amide bonds. The lowest BCUT2D eigenvalue weighted by atomic mass is 10.1. The zero-order valence-electron chi connectivity index (χ0n) is 16.0. The van der Waals surface area contributed by atoms with Crippen LogP contribution in [-0.2, 0) is 0 Å². The maximum atomic E-state index is 12.7. The molecule has 0 aliphatic heterocycles. The van der Waals surface area contributed by atoms with E-state index in [2.05, 4.69) is 19.2 Å². The lowest BCUT2D eigenvalue weighted by molar-refractivity contribution is 0.102. The molecule has 0 aliphatic rings. The number of ether oxygens (including phenoxy) is 2. The minimum atomic E-state index is -0.240. The Bertz CT molecular complexity index is 767. The van der Waals surface area contributed by atoms with Gasteiger partial charge in [0, 0.05) is 11.3 Å². The number of carbonyl (C=O) groups excluding carboxylic acids is 1. The monoisotopic (exact) mass is 375 g/mol. The van der Waals surface area contributed by atoms with Crippen LogP contribution in [0.15, 0.2) is 30.3 Å². The van der Waals surface area contributed by atoms with Crippen molar-refractivity contribution in [3.63, 3.8) is 0 Å². The fourth-order valence-electron chi connectivity index (χ4n) is 2.59. The number of aryl methyl sites for hydroxylation is 2. The highest BCUT2D eigenvalue weighted by atomic mass is 35.5. The van der Waals surface area contributed by atoms with Gasteiger partial charge >= 0.3 is 0 Å². The number of benzene rings is 2. The predicted molar refractivity (Wildman–Crippen MR) is 107 cm³/mol. The first-order valence-corrected chi connectivity index (χ1v) is 9.09. The van der Waals surface area contributed by atoms with E-state index in [4.69, 9.17) is 21.1 Å². The molecule has 0 unspecified atom stereocenters. The third-order valence-corrected chi connectivity index (χ3v) is 4.43. The van der Waals surface area contributed by atoms with Crippen LogP contribution in [0.1, 0.15) is 41.8 Å². The lowest BCUT2D eigenvalue weighted by Crippen LogP contribution is -2.14. The SMILES string of the molecule is COc1cc(C(=O)Nc2c(C)cccc2C)cc(Cl)c1OCCC(C)C. The van der Waals surface area contributed by atoms with Gasteiger partial charge in [-0.05, 0) is 49.4 Å². The maximum absolute atomic E-state index is 12.7. The number of rotatable bonds is 7. The molecule has 2 aromatic carbocycles. The molecule has 0 bridgehead atoms. The van der Waals surface area contributed by atoms with E-state index in [0.717, 1.165) is 23.2 Å². The van der Waals surface area contributed by atoms with Gasteiger partial charge in [0.15, 0.2) is 11.5 Å². The third kappa shape index (κ3) is 4.92. The van der Waals surface area contributed by atoms with Crippen LogP contribution in [0.5, 0.6) is 11.5 Å². The van der Waals surface area contributed by atoms with Crippen molar-refractivity contribution in [2.45, 2.75) is 34.1 Å². The molecular weight excluding hydrogens is 350 g/mol. The number of hydrogen-bond donors (Lipinski definition) is 1. The standard InChI is InChI=1S/C21H26ClNO3/c1-13(2)9-10-26-20-17(22)11-16(12-18(20)25-5)21(24)23-19-14(3)7-6-8-15(19)4/h6-8,11-13H,9-10H2,1-5H3,(H,23,24). The minimum Gasteiger partial charge on any atom is -0.493 e. The van der Waals surface area contributed by atoms with Crippen molar-refractivity contribution in [1.82, 2.24) is 0 Å². The van der Waals surface area contributed by atoms with Gasteiger partial charge in [-0.3, -0.25) is 4.79 Å². The van der Waals surface area contributed by atoms with Crippen LogP contribution < -0.4 is 14.8 Å². The van der Waals surface area contributed by atoms with Crippen LogP contribution in [0.2, 0.25) is 5.02 Å². The van der Waals surface area contributed by atoms with Crippen molar-refractivity contribution >= 4 is 23.2 Å². The van der Waals surface area contributed by atoms with E-state index in [9.17, 15) is 4.79 Å². The molecule has 140 valence electrons. The highest BCUT2D eigenvalue weighted by molar-refractivity contribution is 6.32. The van der Waals surface area contributed by atoms with Crippen LogP contribution in [0.4, 0.5) is 5.69 Å². The molecule has 0 saturated heterocycles. The molecule has 0 radical (unpaired) electrons. The van der Waals surface area contributed by atoms with Crippen molar-refractivity contribution in [1.29, 1.82) is 0 Å². The van der Waals surface area contributed by atoms with E-state index in [1.54, 1.807) is 12.1 Å². The Morgan fingerprint density at radius 1 is 1.19 bits per heavy atom. The van der Waals surface area contributed by atoms with Crippen LogP contribution >= 0.6 is 11.6 Å². The molecular formula is C21H26ClNO3. The van der Waals surface area contributed by atoms with Crippen LogP contribution in [0.25, 0.3) is 0 Å². The molecule has 0 fully saturated rings. The van der Waals surface area contributed by atoms with Gasteiger partial charge < -0.3 is 14.8 Å². The van der Waals surface area contributed by atoms with Gasteiger partial charge in [-0.1, -0.05) is 43.6 Å². The normalized spacial score (nSPS) is 10.7. The van der Waals surface area contributed by atoms with Crippen LogP contribution in [0.3, 0.4) is 0 Å². The first-order valence-electron chi connectivity index (χ1n) is 8.71. The molecule has 4 nitrogen and oxygen atoms in total. The Hall–Kier alpha value is -2.20. The van der Waals surface area contributed by atoms with Crippen LogP contribution in [-0.4, -0.2) is 19.6 Å². The number of amides is 1. The number of hydrogen-bond acceptors (Lipinski definition) is 3. The Morgan fingerprint density at radius 2 is 1.85 bits per heavy atom. The second-order valence-electron chi connectivity index (χ2n) is 6.74. The van der Waals surface area contributed by atoms with E-state index in [1.807, 2.05) is 32.0 Å². The molecule has 0 heterocycles. The largest absolute Gasteiger partial charge is 0.493 e. The number of anilines is 1. The van der Waals surface area contributed by atoms with Gasteiger partial charge in [-0.2, -0.15) is 0 Å². The number of para-hydroxylation sites is 1. The zero-order valence-corrected chi connectivity index (χ0v) is 16.7. The third-order valence-electron chi connectivity index (χ3n) is 4.15. The predicted octanol–water partition coefficient (Wildman–Crippen LogP) is 5.64. The number of methoxy groups -OCH3 is 1. The number of halogens is 1. The van der Waals surface area contributed by atoms with Gasteiger partial charge in [0.25, 0.3) is 5.91 Å². The molecule has 26 heavy (non-hydrogen) atoms. The van der Waals surface area contributed by atoms with Crippen molar-refractivity contribution < 1.29 is 14.3 Å². The molecule has 1 N–H and O–H groups in total. The maximum Gasteiger partial charge on any atom is 0.255 e. The van der Waals surface area contributed by atoms with Crippen molar-refractivity contribution in [2.75, 3.05) is 19.0 Å². The molecule has 0 atom stereocenters. The summed E-state index contributed by atoms with van der Waals surface area (Å²) in [6.07, 6.45) is 0.911. The van der Waals surface area contributed by atoms with Crippen molar-refractivity contribution in [3.05, 3.63) is 52.0 Å². The smallest absolute Gasteiger partial charge is 0.255 e. The van der Waals surface area contributed by atoms with E-state index in [1.165, 1.54) is 7.11 Å². The minimum absolute atomic E-state index is 0.240. The zero-order chi connectivity index (χ0) is 19.3. The number of nitrogens with one attached hydrogen (secondary N) is 1. The van der Waals surface area contributed by atoms with Gasteiger partial charge in [0.2, 0.25) is 0 Å². The fraction of sp³-hybridized carbons (Fsp3) is 0.381. The quantitative estimate of drug-likeness (QED) is 0.680. The summed E-state index contributed by atoms with van der Waals surface area (Å²) in [4.78, 5) is 12.7. The molecule has 0 spiro atoms. The first-order chi connectivity index (χ1) is 12.3. The second-order valence-corrected chi connectivity index (χ2v) is 7.15. The summed E-state index contributed by atoms with van der Waals surface area (Å²) in [5, 5.41) is 3.32. The van der Waals surface area contributed by atoms with E-state index in [0.29, 0.717) is 34.6 Å². The van der Waals surface area contributed by atoms with Gasteiger partial charge in [-0.25, -0.2) is 0 Å².